The second-order valence-electron chi connectivity index (χ2n) is 5.20. The van der Waals surface area contributed by atoms with Crippen molar-refractivity contribution in [1.82, 2.24) is 5.32 Å². The quantitative estimate of drug-likeness (QED) is 0.735. The summed E-state index contributed by atoms with van der Waals surface area (Å²) in [5, 5.41) is 4.64. The maximum absolute atomic E-state index is 6.12. The summed E-state index contributed by atoms with van der Waals surface area (Å²) in [5.41, 5.74) is 2.16. The van der Waals surface area contributed by atoms with E-state index in [2.05, 4.69) is 31.3 Å². The summed E-state index contributed by atoms with van der Waals surface area (Å²) in [6.07, 6.45) is 0. The van der Waals surface area contributed by atoms with Gasteiger partial charge in [-0.3, -0.25) is 0 Å². The Bertz CT molecular complexity index is 585. The van der Waals surface area contributed by atoms with Crippen LogP contribution in [0.2, 0.25) is 10.0 Å². The molecular weight excluding hydrogens is 341 g/mol. The molecule has 0 heterocycles. The molecule has 0 amide bonds. The van der Waals surface area contributed by atoms with Gasteiger partial charge >= 0.3 is 0 Å². The molecule has 0 aliphatic heterocycles. The zero-order chi connectivity index (χ0) is 15.2. The minimum atomic E-state index is 0. The van der Waals surface area contributed by atoms with Gasteiger partial charge in [-0.2, -0.15) is 0 Å². The second kappa shape index (κ2) is 9.26. The molecule has 120 valence electrons. The molecule has 1 N–H and O–H groups in total. The van der Waals surface area contributed by atoms with Gasteiger partial charge in [0.1, 0.15) is 12.4 Å². The number of ether oxygens (including phenoxy) is 1. The van der Waals surface area contributed by atoms with Crippen molar-refractivity contribution in [2.45, 2.75) is 33.0 Å². The predicted molar refractivity (Wildman–Crippen MR) is 96.5 cm³/mol. The smallest absolute Gasteiger partial charge is 0.119 e. The molecule has 0 unspecified atom stereocenters. The topological polar surface area (TPSA) is 21.3 Å². The number of hydrogen-bond donors (Lipinski definition) is 1. The fourth-order valence-corrected chi connectivity index (χ4v) is 2.29. The van der Waals surface area contributed by atoms with Crippen LogP contribution in [-0.4, -0.2) is 6.04 Å². The number of nitrogens with one attached hydrogen (secondary N) is 1. The molecule has 0 fully saturated rings. The Kier molecular flexibility index (Phi) is 8.05. The van der Waals surface area contributed by atoms with Crippen molar-refractivity contribution in [3.63, 3.8) is 0 Å². The van der Waals surface area contributed by atoms with E-state index in [-0.39, 0.29) is 12.4 Å². The van der Waals surface area contributed by atoms with Crippen LogP contribution < -0.4 is 10.1 Å². The summed E-state index contributed by atoms with van der Waals surface area (Å²) < 4.78 is 5.75. The third-order valence-electron chi connectivity index (χ3n) is 3.05. The molecule has 0 aliphatic carbocycles. The SMILES string of the molecule is CC(C)NCc1ccc(OCc2ccc(Cl)cc2Cl)cc1.Cl. The molecule has 2 rings (SSSR count). The van der Waals surface area contributed by atoms with E-state index in [0.717, 1.165) is 17.9 Å². The molecule has 0 aliphatic rings. The molecular formula is C17H20Cl3NO. The summed E-state index contributed by atoms with van der Waals surface area (Å²) in [7, 11) is 0. The highest BCUT2D eigenvalue weighted by Gasteiger charge is 2.03. The zero-order valence-corrected chi connectivity index (χ0v) is 14.9. The van der Waals surface area contributed by atoms with Crippen LogP contribution in [0, 0.1) is 0 Å². The normalized spacial score (nSPS) is 10.4. The first-order chi connectivity index (χ1) is 10.0. The molecule has 0 aromatic heterocycles. The monoisotopic (exact) mass is 359 g/mol. The Hall–Kier alpha value is -0.930. The van der Waals surface area contributed by atoms with Crippen molar-refractivity contribution >= 4 is 35.6 Å². The van der Waals surface area contributed by atoms with Crippen LogP contribution in [-0.2, 0) is 13.2 Å². The van der Waals surface area contributed by atoms with Gasteiger partial charge in [0.05, 0.1) is 0 Å². The van der Waals surface area contributed by atoms with E-state index in [0.29, 0.717) is 22.7 Å². The van der Waals surface area contributed by atoms with E-state index in [1.54, 1.807) is 6.07 Å². The van der Waals surface area contributed by atoms with Gasteiger partial charge in [0.15, 0.2) is 0 Å². The van der Waals surface area contributed by atoms with Crippen LogP contribution in [0.5, 0.6) is 5.75 Å². The molecule has 0 atom stereocenters. The average molecular weight is 361 g/mol. The van der Waals surface area contributed by atoms with Gasteiger partial charge in [-0.1, -0.05) is 55.2 Å². The van der Waals surface area contributed by atoms with E-state index < -0.39 is 0 Å². The number of halogens is 3. The minimum Gasteiger partial charge on any atom is -0.489 e. The summed E-state index contributed by atoms with van der Waals surface area (Å²) in [6.45, 7) is 5.56. The first-order valence-electron chi connectivity index (χ1n) is 6.93. The van der Waals surface area contributed by atoms with E-state index in [9.17, 15) is 0 Å². The zero-order valence-electron chi connectivity index (χ0n) is 12.6. The largest absolute Gasteiger partial charge is 0.489 e. The fourth-order valence-electron chi connectivity index (χ4n) is 1.83. The average Bonchev–Trinajstić information content (AvgIpc) is 2.45. The van der Waals surface area contributed by atoms with E-state index in [1.807, 2.05) is 24.3 Å². The summed E-state index contributed by atoms with van der Waals surface area (Å²) in [5.74, 6) is 0.828. The maximum Gasteiger partial charge on any atom is 0.119 e. The van der Waals surface area contributed by atoms with Crippen LogP contribution in [0.3, 0.4) is 0 Å². The molecule has 2 aromatic carbocycles. The highest BCUT2D eigenvalue weighted by Crippen LogP contribution is 2.22. The van der Waals surface area contributed by atoms with Crippen molar-refractivity contribution in [2.24, 2.45) is 0 Å². The maximum atomic E-state index is 6.12. The lowest BCUT2D eigenvalue weighted by atomic mass is 10.2. The lowest BCUT2D eigenvalue weighted by Crippen LogP contribution is -2.21. The van der Waals surface area contributed by atoms with Crippen LogP contribution in [0.1, 0.15) is 25.0 Å². The number of rotatable bonds is 6. The van der Waals surface area contributed by atoms with Crippen molar-refractivity contribution in [1.29, 1.82) is 0 Å². The van der Waals surface area contributed by atoms with E-state index in [1.165, 1.54) is 5.56 Å². The van der Waals surface area contributed by atoms with Crippen LogP contribution in [0.15, 0.2) is 42.5 Å². The van der Waals surface area contributed by atoms with Crippen molar-refractivity contribution < 1.29 is 4.74 Å². The number of benzene rings is 2. The van der Waals surface area contributed by atoms with Gasteiger partial charge in [0.25, 0.3) is 0 Å². The summed E-state index contributed by atoms with van der Waals surface area (Å²) in [4.78, 5) is 0. The van der Waals surface area contributed by atoms with Crippen LogP contribution in [0.25, 0.3) is 0 Å². The van der Waals surface area contributed by atoms with Crippen molar-refractivity contribution in [3.8, 4) is 5.75 Å². The third-order valence-corrected chi connectivity index (χ3v) is 3.63. The Morgan fingerprint density at radius 2 is 1.73 bits per heavy atom. The standard InChI is InChI=1S/C17H19Cl2NO.ClH/c1-12(2)20-10-13-3-7-16(8-4-13)21-11-14-5-6-15(18)9-17(14)19;/h3-9,12,20H,10-11H2,1-2H3;1H. The molecule has 2 aromatic rings. The third kappa shape index (κ3) is 6.05. The van der Waals surface area contributed by atoms with E-state index >= 15 is 0 Å². The molecule has 2 nitrogen and oxygen atoms in total. The lowest BCUT2D eigenvalue weighted by molar-refractivity contribution is 0.306. The molecule has 0 saturated heterocycles. The molecule has 5 heteroatoms. The van der Waals surface area contributed by atoms with Crippen LogP contribution in [0.4, 0.5) is 0 Å². The Morgan fingerprint density at radius 1 is 1.05 bits per heavy atom. The highest BCUT2D eigenvalue weighted by atomic mass is 35.5. The highest BCUT2D eigenvalue weighted by molar-refractivity contribution is 6.35. The van der Waals surface area contributed by atoms with Gasteiger partial charge in [-0.15, -0.1) is 12.4 Å². The molecule has 0 saturated carbocycles. The first-order valence-corrected chi connectivity index (χ1v) is 7.69. The summed E-state index contributed by atoms with van der Waals surface area (Å²) >= 11 is 12.0. The van der Waals surface area contributed by atoms with Gasteiger partial charge in [0, 0.05) is 28.2 Å². The summed E-state index contributed by atoms with van der Waals surface area (Å²) in [6, 6.07) is 14.0. The van der Waals surface area contributed by atoms with Gasteiger partial charge in [0.2, 0.25) is 0 Å². The van der Waals surface area contributed by atoms with Gasteiger partial charge < -0.3 is 10.1 Å². The molecule has 22 heavy (non-hydrogen) atoms. The predicted octanol–water partition coefficient (Wildman–Crippen LogP) is 5.49. The first kappa shape index (κ1) is 19.1. The Labute approximate surface area is 148 Å². The van der Waals surface area contributed by atoms with Crippen molar-refractivity contribution in [3.05, 3.63) is 63.6 Å². The fraction of sp³-hybridized carbons (Fsp3) is 0.294. The molecule has 0 bridgehead atoms. The van der Waals surface area contributed by atoms with Gasteiger partial charge in [-0.05, 0) is 29.8 Å². The van der Waals surface area contributed by atoms with Crippen LogP contribution >= 0.6 is 35.6 Å². The minimum absolute atomic E-state index is 0. The lowest BCUT2D eigenvalue weighted by Gasteiger charge is -2.10. The van der Waals surface area contributed by atoms with Gasteiger partial charge in [-0.25, -0.2) is 0 Å². The molecule has 0 spiro atoms. The van der Waals surface area contributed by atoms with E-state index in [4.69, 9.17) is 27.9 Å². The molecule has 0 radical (unpaired) electrons. The Morgan fingerprint density at radius 3 is 2.32 bits per heavy atom. The second-order valence-corrected chi connectivity index (χ2v) is 6.05. The Balaban J connectivity index is 0.00000242. The van der Waals surface area contributed by atoms with Crippen molar-refractivity contribution in [2.75, 3.05) is 0 Å². The number of hydrogen-bond acceptors (Lipinski definition) is 2.